The average molecular weight is 242 g/mol. The van der Waals surface area contributed by atoms with Crippen LogP contribution in [0.3, 0.4) is 0 Å². The van der Waals surface area contributed by atoms with Gasteiger partial charge >= 0.3 is 0 Å². The van der Waals surface area contributed by atoms with Crippen LogP contribution in [0, 0.1) is 0 Å². The zero-order valence-electron chi connectivity index (χ0n) is 7.79. The van der Waals surface area contributed by atoms with Crippen molar-refractivity contribution >= 4 is 33.8 Å². The lowest BCUT2D eigenvalue weighted by Gasteiger charge is -2.16. The topological polar surface area (TPSA) is 64.6 Å². The lowest BCUT2D eigenvalue weighted by atomic mass is 10.2. The Bertz CT molecular complexity index is 527. The summed E-state index contributed by atoms with van der Waals surface area (Å²) in [5, 5.41) is 1.28. The summed E-state index contributed by atoms with van der Waals surface area (Å²) in [6.45, 7) is 0. The zero-order valence-corrected chi connectivity index (χ0v) is 9.36. The van der Waals surface area contributed by atoms with Crippen molar-refractivity contribution in [2.75, 3.05) is 5.75 Å². The molecule has 4 nitrogen and oxygen atoms in total. The van der Waals surface area contributed by atoms with Crippen molar-refractivity contribution in [3.8, 4) is 0 Å². The maximum Gasteiger partial charge on any atom is 0.142 e. The molecule has 0 spiro atoms. The number of fused-ring (bicyclic) bond motifs is 3. The minimum Gasteiger partial charge on any atom is -0.616 e. The van der Waals surface area contributed by atoms with Crippen molar-refractivity contribution in [2.24, 2.45) is 0 Å². The van der Waals surface area contributed by atoms with Gasteiger partial charge in [0, 0.05) is 17.7 Å². The van der Waals surface area contributed by atoms with Gasteiger partial charge in [-0.2, -0.15) is 0 Å². The summed E-state index contributed by atoms with van der Waals surface area (Å²) in [4.78, 5) is 11.3. The lowest BCUT2D eigenvalue weighted by Crippen LogP contribution is -2.18. The largest absolute Gasteiger partial charge is 0.616 e. The Kier molecular flexibility index (Phi) is 2.12. The van der Waals surface area contributed by atoms with Crippen LogP contribution in [0.25, 0.3) is 11.0 Å². The molecule has 78 valence electrons. The van der Waals surface area contributed by atoms with Crippen molar-refractivity contribution in [3.05, 3.63) is 22.7 Å². The first-order chi connectivity index (χ1) is 7.25. The van der Waals surface area contributed by atoms with Crippen molar-refractivity contribution in [2.45, 2.75) is 12.2 Å². The fourth-order valence-electron chi connectivity index (χ4n) is 1.92. The molecule has 0 amide bonds. The molecule has 0 saturated carbocycles. The van der Waals surface area contributed by atoms with Crippen LogP contribution in [0.15, 0.2) is 6.33 Å². The van der Waals surface area contributed by atoms with Gasteiger partial charge in [-0.25, -0.2) is 9.97 Å². The number of aryl methyl sites for hydroxylation is 1. The van der Waals surface area contributed by atoms with E-state index >= 15 is 0 Å². The van der Waals surface area contributed by atoms with Gasteiger partial charge in [-0.15, -0.1) is 0 Å². The van der Waals surface area contributed by atoms with Crippen LogP contribution in [0.1, 0.15) is 11.3 Å². The lowest BCUT2D eigenvalue weighted by molar-refractivity contribution is 0.590. The van der Waals surface area contributed by atoms with Crippen LogP contribution in [-0.4, -0.2) is 25.3 Å². The third-order valence-electron chi connectivity index (χ3n) is 2.62. The molecule has 1 N–H and O–H groups in total. The molecule has 0 radical (unpaired) electrons. The Morgan fingerprint density at radius 3 is 3.20 bits per heavy atom. The number of rotatable bonds is 0. The number of aromatic nitrogens is 3. The number of halogens is 1. The molecule has 1 aliphatic heterocycles. The second kappa shape index (κ2) is 3.37. The van der Waals surface area contributed by atoms with E-state index < -0.39 is 11.2 Å². The van der Waals surface area contributed by atoms with Crippen LogP contribution in [0.4, 0.5) is 0 Å². The molecular formula is C9H8ClN3OS. The molecular weight excluding hydrogens is 234 g/mol. The van der Waals surface area contributed by atoms with Gasteiger partial charge in [0.1, 0.15) is 28.6 Å². The highest BCUT2D eigenvalue weighted by molar-refractivity contribution is 7.90. The van der Waals surface area contributed by atoms with Gasteiger partial charge in [-0.3, -0.25) is 0 Å². The highest BCUT2D eigenvalue weighted by Gasteiger charge is 2.25. The summed E-state index contributed by atoms with van der Waals surface area (Å²) < 4.78 is 11.5. The fraction of sp³-hybridized carbons (Fsp3) is 0.333. The molecule has 1 unspecified atom stereocenters. The van der Waals surface area contributed by atoms with Crippen LogP contribution in [-0.2, 0) is 23.3 Å². The van der Waals surface area contributed by atoms with E-state index in [2.05, 4.69) is 15.0 Å². The summed E-state index contributed by atoms with van der Waals surface area (Å²) in [5.41, 5.74) is 2.88. The molecule has 6 heteroatoms. The van der Waals surface area contributed by atoms with E-state index in [4.69, 9.17) is 11.6 Å². The van der Waals surface area contributed by atoms with Crippen LogP contribution >= 0.6 is 11.6 Å². The molecule has 3 heterocycles. The maximum absolute atomic E-state index is 11.5. The van der Waals surface area contributed by atoms with E-state index in [1.807, 2.05) is 0 Å². The van der Waals surface area contributed by atoms with Gasteiger partial charge in [0.05, 0.1) is 5.39 Å². The number of hydrogen-bond donors (Lipinski definition) is 1. The Labute approximate surface area is 94.2 Å². The molecule has 1 atom stereocenters. The molecule has 0 saturated heterocycles. The predicted octanol–water partition coefficient (Wildman–Crippen LogP) is 1.42. The van der Waals surface area contributed by atoms with Gasteiger partial charge in [-0.05, 0) is 11.2 Å². The second-order valence-electron chi connectivity index (χ2n) is 3.51. The summed E-state index contributed by atoms with van der Waals surface area (Å²) >= 11 is 5.23. The minimum absolute atomic E-state index is 0.441. The molecule has 15 heavy (non-hydrogen) atoms. The monoisotopic (exact) mass is 241 g/mol. The van der Waals surface area contributed by atoms with Gasteiger partial charge in [0.15, 0.2) is 0 Å². The molecule has 1 aliphatic rings. The number of nitrogens with zero attached hydrogens (tertiary/aromatic N) is 2. The smallest absolute Gasteiger partial charge is 0.142 e. The third kappa shape index (κ3) is 1.42. The molecule has 0 fully saturated rings. The molecule has 3 rings (SSSR count). The van der Waals surface area contributed by atoms with Crippen LogP contribution in [0.2, 0.25) is 5.15 Å². The van der Waals surface area contributed by atoms with Crippen LogP contribution in [0.5, 0.6) is 0 Å². The molecule has 2 aromatic rings. The van der Waals surface area contributed by atoms with E-state index in [1.165, 1.54) is 6.33 Å². The highest BCUT2D eigenvalue weighted by atomic mass is 35.5. The Balaban J connectivity index is 2.30. The van der Waals surface area contributed by atoms with Crippen molar-refractivity contribution in [1.29, 1.82) is 0 Å². The average Bonchev–Trinajstić information content (AvgIpc) is 2.57. The summed E-state index contributed by atoms with van der Waals surface area (Å²) in [6.07, 6.45) is 2.23. The van der Waals surface area contributed by atoms with E-state index in [0.717, 1.165) is 28.7 Å². The first-order valence-electron chi connectivity index (χ1n) is 4.60. The van der Waals surface area contributed by atoms with Gasteiger partial charge in [0.2, 0.25) is 0 Å². The summed E-state index contributed by atoms with van der Waals surface area (Å²) in [5.74, 6) is 1.27. The van der Waals surface area contributed by atoms with Gasteiger partial charge in [0.25, 0.3) is 0 Å². The van der Waals surface area contributed by atoms with E-state index in [9.17, 15) is 4.55 Å². The normalized spacial score (nSPS) is 20.5. The standard InChI is InChI=1S/C9H8ClN3OS/c10-8-7-5-3-15(14)2-1-6(5)13-9(7)12-4-11-8/h4H,1-3H2,(H,11,12,13). The summed E-state index contributed by atoms with van der Waals surface area (Å²) in [6, 6.07) is 0. The molecule has 0 bridgehead atoms. The molecule has 2 aromatic heterocycles. The van der Waals surface area contributed by atoms with E-state index in [1.54, 1.807) is 0 Å². The number of hydrogen-bond acceptors (Lipinski definition) is 3. The Hall–Kier alpha value is -0.780. The number of H-pyrrole nitrogens is 1. The first kappa shape index (κ1) is 9.45. The predicted molar refractivity (Wildman–Crippen MR) is 59.3 cm³/mol. The van der Waals surface area contributed by atoms with E-state index in [-0.39, 0.29) is 0 Å². The maximum atomic E-state index is 11.5. The Morgan fingerprint density at radius 2 is 2.33 bits per heavy atom. The fourth-order valence-corrected chi connectivity index (χ4v) is 3.38. The van der Waals surface area contributed by atoms with Crippen molar-refractivity contribution < 1.29 is 4.55 Å². The first-order valence-corrected chi connectivity index (χ1v) is 6.47. The quantitative estimate of drug-likeness (QED) is 0.560. The molecule has 0 aromatic carbocycles. The van der Waals surface area contributed by atoms with Gasteiger partial charge < -0.3 is 9.54 Å². The van der Waals surface area contributed by atoms with Crippen molar-refractivity contribution in [1.82, 2.24) is 15.0 Å². The second-order valence-corrected chi connectivity index (χ2v) is 5.44. The third-order valence-corrected chi connectivity index (χ3v) is 4.18. The highest BCUT2D eigenvalue weighted by Crippen LogP contribution is 2.31. The zero-order chi connectivity index (χ0) is 10.4. The number of nitrogens with one attached hydrogen (secondary N) is 1. The Morgan fingerprint density at radius 1 is 1.47 bits per heavy atom. The number of aromatic amines is 1. The van der Waals surface area contributed by atoms with Crippen molar-refractivity contribution in [3.63, 3.8) is 0 Å². The van der Waals surface area contributed by atoms with E-state index in [0.29, 0.717) is 16.7 Å². The minimum atomic E-state index is -0.778. The SMILES string of the molecule is [O-][S+]1CCc2[nH]c3ncnc(Cl)c3c2C1. The summed E-state index contributed by atoms with van der Waals surface area (Å²) in [7, 11) is 0. The molecule has 0 aliphatic carbocycles. The van der Waals surface area contributed by atoms with Crippen LogP contribution < -0.4 is 0 Å². The van der Waals surface area contributed by atoms with Gasteiger partial charge in [-0.1, -0.05) is 11.6 Å².